The molecule has 0 bridgehead atoms. The van der Waals surface area contributed by atoms with Crippen LogP contribution in [-0.2, 0) is 9.53 Å². The highest BCUT2D eigenvalue weighted by atomic mass is 16.6. The van der Waals surface area contributed by atoms with Crippen LogP contribution in [0.1, 0.15) is 26.2 Å². The van der Waals surface area contributed by atoms with Crippen LogP contribution in [0.25, 0.3) is 0 Å². The largest absolute Gasteiger partial charge is 0.495 e. The fraction of sp³-hybridized carbons (Fsp3) is 0.500. The predicted molar refractivity (Wildman–Crippen MR) is 83.0 cm³/mol. The summed E-state index contributed by atoms with van der Waals surface area (Å²) in [4.78, 5) is 24.9. The molecule has 1 fully saturated rings. The Hall–Kier alpha value is -2.24. The van der Waals surface area contributed by atoms with Crippen LogP contribution in [0.4, 0.5) is 10.5 Å². The van der Waals surface area contributed by atoms with Crippen molar-refractivity contribution in [3.8, 4) is 5.75 Å². The molecule has 22 heavy (non-hydrogen) atoms. The van der Waals surface area contributed by atoms with E-state index in [-0.39, 0.29) is 25.0 Å². The number of anilines is 1. The summed E-state index contributed by atoms with van der Waals surface area (Å²) in [5.74, 6) is 0.528. The van der Waals surface area contributed by atoms with Gasteiger partial charge in [0.1, 0.15) is 12.4 Å². The summed E-state index contributed by atoms with van der Waals surface area (Å²) in [6, 6.07) is 7.53. The minimum atomic E-state index is -0.544. The summed E-state index contributed by atoms with van der Waals surface area (Å²) in [5, 5.41) is 3.34. The molecule has 0 aliphatic carbocycles. The van der Waals surface area contributed by atoms with Crippen molar-refractivity contribution in [2.45, 2.75) is 32.2 Å². The van der Waals surface area contributed by atoms with Gasteiger partial charge in [-0.25, -0.2) is 9.69 Å². The molecule has 1 heterocycles. The first kappa shape index (κ1) is 16.1. The Balaban J connectivity index is 2.03. The summed E-state index contributed by atoms with van der Waals surface area (Å²) in [6.45, 7) is 2.68. The van der Waals surface area contributed by atoms with Crippen LogP contribution in [0.3, 0.4) is 0 Å². The molecule has 0 aromatic heterocycles. The second-order valence-electron chi connectivity index (χ2n) is 5.19. The molecule has 0 spiro atoms. The van der Waals surface area contributed by atoms with Crippen LogP contribution < -0.4 is 10.1 Å². The molecule has 2 rings (SSSR count). The second kappa shape index (κ2) is 7.68. The highest BCUT2D eigenvalue weighted by Crippen LogP contribution is 2.25. The number of hydrogen-bond donors (Lipinski definition) is 1. The first-order valence-electron chi connectivity index (χ1n) is 7.52. The third-order valence-electron chi connectivity index (χ3n) is 3.59. The van der Waals surface area contributed by atoms with Gasteiger partial charge in [0, 0.05) is 12.5 Å². The number of carbonyl (C=O) groups is 2. The Morgan fingerprint density at radius 1 is 1.45 bits per heavy atom. The number of para-hydroxylation sites is 2. The van der Waals surface area contributed by atoms with Crippen molar-refractivity contribution in [1.82, 2.24) is 4.90 Å². The number of cyclic esters (lactones) is 1. The monoisotopic (exact) mass is 306 g/mol. The molecule has 1 aliphatic rings. The van der Waals surface area contributed by atoms with Gasteiger partial charge in [0.25, 0.3) is 0 Å². The molecule has 1 saturated heterocycles. The predicted octanol–water partition coefficient (Wildman–Crippen LogP) is 2.64. The zero-order valence-electron chi connectivity index (χ0n) is 13.0. The van der Waals surface area contributed by atoms with Crippen molar-refractivity contribution in [3.63, 3.8) is 0 Å². The Morgan fingerprint density at radius 3 is 2.86 bits per heavy atom. The smallest absolute Gasteiger partial charge is 0.416 e. The molecular weight excluding hydrogens is 284 g/mol. The summed E-state index contributed by atoms with van der Waals surface area (Å²) in [6.07, 6.45) is 1.47. The van der Waals surface area contributed by atoms with Gasteiger partial charge >= 0.3 is 6.09 Å². The van der Waals surface area contributed by atoms with Gasteiger partial charge in [-0.05, 0) is 18.6 Å². The van der Waals surface area contributed by atoms with Crippen molar-refractivity contribution in [2.24, 2.45) is 0 Å². The molecule has 6 nitrogen and oxygen atoms in total. The minimum Gasteiger partial charge on any atom is -0.495 e. The van der Waals surface area contributed by atoms with Crippen molar-refractivity contribution >= 4 is 17.7 Å². The number of amides is 2. The van der Waals surface area contributed by atoms with E-state index in [9.17, 15) is 9.59 Å². The Labute approximate surface area is 130 Å². The third kappa shape index (κ3) is 3.90. The lowest BCUT2D eigenvalue weighted by atomic mass is 10.1. The molecule has 1 atom stereocenters. The molecule has 1 aliphatic heterocycles. The third-order valence-corrected chi connectivity index (χ3v) is 3.59. The standard InChI is InChI=1S/C16H22N2O4/c1-3-6-12(11-15(19)18-9-10-22-16(18)20)17-13-7-4-5-8-14(13)21-2/h4-5,7-8,12,17H,3,6,9-11H2,1-2H3. The van der Waals surface area contributed by atoms with Crippen LogP contribution in [0.15, 0.2) is 24.3 Å². The van der Waals surface area contributed by atoms with Gasteiger partial charge in [0.15, 0.2) is 0 Å². The first-order valence-corrected chi connectivity index (χ1v) is 7.52. The summed E-state index contributed by atoms with van der Waals surface area (Å²) in [7, 11) is 1.61. The zero-order chi connectivity index (χ0) is 15.9. The van der Waals surface area contributed by atoms with E-state index in [1.54, 1.807) is 7.11 Å². The summed E-state index contributed by atoms with van der Waals surface area (Å²) < 4.78 is 10.1. The summed E-state index contributed by atoms with van der Waals surface area (Å²) >= 11 is 0. The number of nitrogens with one attached hydrogen (secondary N) is 1. The highest BCUT2D eigenvalue weighted by Gasteiger charge is 2.29. The topological polar surface area (TPSA) is 67.9 Å². The molecular formula is C16H22N2O4. The highest BCUT2D eigenvalue weighted by molar-refractivity contribution is 5.93. The number of imide groups is 1. The van der Waals surface area contributed by atoms with Crippen molar-refractivity contribution in [1.29, 1.82) is 0 Å². The maximum atomic E-state index is 12.2. The van der Waals surface area contributed by atoms with E-state index in [0.29, 0.717) is 6.54 Å². The molecule has 1 unspecified atom stereocenters. The SMILES string of the molecule is CCCC(CC(=O)N1CCOC1=O)Nc1ccccc1OC. The molecule has 0 radical (unpaired) electrons. The van der Waals surface area contributed by atoms with Crippen molar-refractivity contribution in [2.75, 3.05) is 25.6 Å². The molecule has 1 aromatic rings. The quantitative estimate of drug-likeness (QED) is 0.838. The molecule has 1 aromatic carbocycles. The maximum absolute atomic E-state index is 12.2. The van der Waals surface area contributed by atoms with Gasteiger partial charge < -0.3 is 14.8 Å². The van der Waals surface area contributed by atoms with Crippen LogP contribution in [0, 0.1) is 0 Å². The molecule has 0 saturated carbocycles. The number of nitrogens with zero attached hydrogens (tertiary/aromatic N) is 1. The number of ether oxygens (including phenoxy) is 2. The number of carbonyl (C=O) groups excluding carboxylic acids is 2. The fourth-order valence-corrected chi connectivity index (χ4v) is 2.50. The lowest BCUT2D eigenvalue weighted by molar-refractivity contribution is -0.128. The van der Waals surface area contributed by atoms with E-state index in [4.69, 9.17) is 9.47 Å². The Kier molecular flexibility index (Phi) is 5.63. The van der Waals surface area contributed by atoms with E-state index in [1.807, 2.05) is 24.3 Å². The second-order valence-corrected chi connectivity index (χ2v) is 5.19. The zero-order valence-corrected chi connectivity index (χ0v) is 13.0. The molecule has 6 heteroatoms. The van der Waals surface area contributed by atoms with Crippen LogP contribution in [0.2, 0.25) is 0 Å². The van der Waals surface area contributed by atoms with E-state index >= 15 is 0 Å². The Morgan fingerprint density at radius 2 is 2.23 bits per heavy atom. The van der Waals surface area contributed by atoms with Gasteiger partial charge in [-0.15, -0.1) is 0 Å². The van der Waals surface area contributed by atoms with Crippen LogP contribution in [-0.4, -0.2) is 43.2 Å². The lowest BCUT2D eigenvalue weighted by Crippen LogP contribution is -2.36. The average molecular weight is 306 g/mol. The Bertz CT molecular complexity index is 533. The molecule has 2 amide bonds. The van der Waals surface area contributed by atoms with E-state index in [0.717, 1.165) is 24.3 Å². The average Bonchev–Trinajstić information content (AvgIpc) is 2.94. The number of methoxy groups -OCH3 is 1. The first-order chi connectivity index (χ1) is 10.7. The van der Waals surface area contributed by atoms with Gasteiger partial charge in [-0.2, -0.15) is 0 Å². The van der Waals surface area contributed by atoms with Crippen molar-refractivity contribution < 1.29 is 19.1 Å². The van der Waals surface area contributed by atoms with Crippen LogP contribution >= 0.6 is 0 Å². The van der Waals surface area contributed by atoms with Crippen molar-refractivity contribution in [3.05, 3.63) is 24.3 Å². The van der Waals surface area contributed by atoms with Gasteiger partial charge in [0.2, 0.25) is 5.91 Å². The minimum absolute atomic E-state index is 0.0535. The molecule has 120 valence electrons. The van der Waals surface area contributed by atoms with Gasteiger partial charge in [-0.1, -0.05) is 25.5 Å². The normalized spacial score (nSPS) is 15.4. The number of benzene rings is 1. The van der Waals surface area contributed by atoms with Gasteiger partial charge in [-0.3, -0.25) is 4.79 Å². The van der Waals surface area contributed by atoms with Crippen LogP contribution in [0.5, 0.6) is 5.75 Å². The fourth-order valence-electron chi connectivity index (χ4n) is 2.50. The summed E-state index contributed by atoms with van der Waals surface area (Å²) in [5.41, 5.74) is 0.847. The number of rotatable bonds is 7. The van der Waals surface area contributed by atoms with E-state index < -0.39 is 6.09 Å². The van der Waals surface area contributed by atoms with Gasteiger partial charge in [0.05, 0.1) is 19.3 Å². The molecule has 1 N–H and O–H groups in total. The number of hydrogen-bond acceptors (Lipinski definition) is 5. The lowest BCUT2D eigenvalue weighted by Gasteiger charge is -2.22. The van der Waals surface area contributed by atoms with E-state index in [2.05, 4.69) is 12.2 Å². The van der Waals surface area contributed by atoms with E-state index in [1.165, 1.54) is 4.90 Å². The maximum Gasteiger partial charge on any atom is 0.416 e.